The lowest BCUT2D eigenvalue weighted by Crippen LogP contribution is -2.39. The second kappa shape index (κ2) is 4.95. The highest BCUT2D eigenvalue weighted by atomic mass is 15.3. The Balaban J connectivity index is 1.96. The van der Waals surface area contributed by atoms with Gasteiger partial charge in [0.1, 0.15) is 12.2 Å². The van der Waals surface area contributed by atoms with Crippen molar-refractivity contribution in [1.29, 1.82) is 0 Å². The van der Waals surface area contributed by atoms with Crippen molar-refractivity contribution < 1.29 is 0 Å². The second-order valence-corrected chi connectivity index (χ2v) is 5.06. The first-order valence-corrected chi connectivity index (χ1v) is 6.28. The zero-order valence-corrected chi connectivity index (χ0v) is 10.5. The van der Waals surface area contributed by atoms with Crippen molar-refractivity contribution in [2.45, 2.75) is 51.6 Å². The summed E-state index contributed by atoms with van der Waals surface area (Å²) < 4.78 is 1.99. The molecule has 4 nitrogen and oxygen atoms in total. The first-order chi connectivity index (χ1) is 7.68. The van der Waals surface area contributed by atoms with Gasteiger partial charge in [0.25, 0.3) is 0 Å². The molecule has 1 aliphatic carbocycles. The number of nitrogens with zero attached hydrogens (tertiary/aromatic N) is 3. The van der Waals surface area contributed by atoms with E-state index in [9.17, 15) is 0 Å². The van der Waals surface area contributed by atoms with E-state index in [1.807, 2.05) is 11.6 Å². The maximum absolute atomic E-state index is 4.16. The molecule has 1 N–H and O–H groups in total. The molecule has 1 fully saturated rings. The van der Waals surface area contributed by atoms with Gasteiger partial charge in [-0.3, -0.25) is 0 Å². The molecular weight excluding hydrogens is 200 g/mol. The SMILES string of the molecule is CC(NC1CCCCC1C)c1nncn1C. The van der Waals surface area contributed by atoms with Crippen molar-refractivity contribution in [1.82, 2.24) is 20.1 Å². The molecular formula is C12H22N4. The molecule has 1 aromatic heterocycles. The van der Waals surface area contributed by atoms with Gasteiger partial charge in [0, 0.05) is 13.1 Å². The van der Waals surface area contributed by atoms with Crippen molar-refractivity contribution in [3.63, 3.8) is 0 Å². The first-order valence-electron chi connectivity index (χ1n) is 6.28. The Bertz CT molecular complexity index is 334. The molecule has 0 spiro atoms. The zero-order valence-electron chi connectivity index (χ0n) is 10.5. The van der Waals surface area contributed by atoms with Gasteiger partial charge in [0.15, 0.2) is 0 Å². The van der Waals surface area contributed by atoms with E-state index in [0.29, 0.717) is 6.04 Å². The third kappa shape index (κ3) is 2.43. The van der Waals surface area contributed by atoms with Gasteiger partial charge in [-0.2, -0.15) is 0 Å². The molecule has 1 aromatic rings. The van der Waals surface area contributed by atoms with Crippen molar-refractivity contribution >= 4 is 0 Å². The number of aromatic nitrogens is 3. The van der Waals surface area contributed by atoms with Crippen LogP contribution in [0.4, 0.5) is 0 Å². The number of aryl methyl sites for hydroxylation is 1. The summed E-state index contributed by atoms with van der Waals surface area (Å²) in [4.78, 5) is 0. The van der Waals surface area contributed by atoms with Gasteiger partial charge < -0.3 is 9.88 Å². The molecule has 16 heavy (non-hydrogen) atoms. The Hall–Kier alpha value is -0.900. The van der Waals surface area contributed by atoms with Crippen molar-refractivity contribution in [3.8, 4) is 0 Å². The fraction of sp³-hybridized carbons (Fsp3) is 0.833. The zero-order chi connectivity index (χ0) is 11.5. The molecule has 1 heterocycles. The third-order valence-corrected chi connectivity index (χ3v) is 3.71. The van der Waals surface area contributed by atoms with Crippen LogP contribution in [0, 0.1) is 5.92 Å². The summed E-state index contributed by atoms with van der Waals surface area (Å²) in [7, 11) is 2.00. The lowest BCUT2D eigenvalue weighted by atomic mass is 9.85. The second-order valence-electron chi connectivity index (χ2n) is 5.06. The van der Waals surface area contributed by atoms with Gasteiger partial charge in [-0.1, -0.05) is 19.8 Å². The standard InChI is InChI=1S/C12H22N4/c1-9-6-4-5-7-11(9)14-10(2)12-15-13-8-16(12)3/h8-11,14H,4-7H2,1-3H3. The predicted octanol–water partition coefficient (Wildman–Crippen LogP) is 2.04. The normalized spacial score (nSPS) is 27.9. The summed E-state index contributed by atoms with van der Waals surface area (Å²) >= 11 is 0. The molecule has 1 aliphatic rings. The van der Waals surface area contributed by atoms with Gasteiger partial charge in [0.2, 0.25) is 0 Å². The van der Waals surface area contributed by atoms with E-state index < -0.39 is 0 Å². The van der Waals surface area contributed by atoms with Crippen LogP contribution in [-0.4, -0.2) is 20.8 Å². The van der Waals surface area contributed by atoms with Crippen LogP contribution in [0.3, 0.4) is 0 Å². The summed E-state index contributed by atoms with van der Waals surface area (Å²) in [5.41, 5.74) is 0. The summed E-state index contributed by atoms with van der Waals surface area (Å²) in [5.74, 6) is 1.81. The average Bonchev–Trinajstić information content (AvgIpc) is 2.68. The number of nitrogens with one attached hydrogen (secondary N) is 1. The quantitative estimate of drug-likeness (QED) is 0.851. The predicted molar refractivity (Wildman–Crippen MR) is 64.0 cm³/mol. The monoisotopic (exact) mass is 222 g/mol. The van der Waals surface area contributed by atoms with Gasteiger partial charge in [-0.25, -0.2) is 0 Å². The van der Waals surface area contributed by atoms with E-state index in [-0.39, 0.29) is 6.04 Å². The minimum absolute atomic E-state index is 0.290. The summed E-state index contributed by atoms with van der Waals surface area (Å²) in [5, 5.41) is 11.8. The van der Waals surface area contributed by atoms with E-state index in [2.05, 4.69) is 29.4 Å². The van der Waals surface area contributed by atoms with Gasteiger partial charge >= 0.3 is 0 Å². The molecule has 0 amide bonds. The molecule has 1 saturated carbocycles. The van der Waals surface area contributed by atoms with Crippen LogP contribution in [0.1, 0.15) is 51.4 Å². The lowest BCUT2D eigenvalue weighted by molar-refractivity contribution is 0.259. The third-order valence-electron chi connectivity index (χ3n) is 3.71. The van der Waals surface area contributed by atoms with Crippen LogP contribution in [0.2, 0.25) is 0 Å². The topological polar surface area (TPSA) is 42.7 Å². The molecule has 0 bridgehead atoms. The largest absolute Gasteiger partial charge is 0.319 e. The van der Waals surface area contributed by atoms with Crippen LogP contribution in [0.15, 0.2) is 6.33 Å². The van der Waals surface area contributed by atoms with Crippen LogP contribution in [0.5, 0.6) is 0 Å². The molecule has 0 aromatic carbocycles. The fourth-order valence-corrected chi connectivity index (χ4v) is 2.64. The average molecular weight is 222 g/mol. The highest BCUT2D eigenvalue weighted by molar-refractivity contribution is 4.94. The molecule has 0 radical (unpaired) electrons. The van der Waals surface area contributed by atoms with Crippen molar-refractivity contribution in [3.05, 3.63) is 12.2 Å². The van der Waals surface area contributed by atoms with Crippen LogP contribution < -0.4 is 5.32 Å². The summed E-state index contributed by atoms with van der Waals surface area (Å²) in [6, 6.07) is 0.929. The van der Waals surface area contributed by atoms with E-state index in [1.54, 1.807) is 6.33 Å². The Morgan fingerprint density at radius 3 is 2.81 bits per heavy atom. The fourth-order valence-electron chi connectivity index (χ4n) is 2.64. The highest BCUT2D eigenvalue weighted by Crippen LogP contribution is 2.25. The summed E-state index contributed by atoms with van der Waals surface area (Å²) in [6.07, 6.45) is 7.15. The molecule has 0 saturated heterocycles. The van der Waals surface area contributed by atoms with E-state index >= 15 is 0 Å². The molecule has 0 aliphatic heterocycles. The van der Waals surface area contributed by atoms with Gasteiger partial charge in [-0.15, -0.1) is 10.2 Å². The minimum atomic E-state index is 0.290. The minimum Gasteiger partial charge on any atom is -0.319 e. The number of hydrogen-bond acceptors (Lipinski definition) is 3. The maximum atomic E-state index is 4.16. The molecule has 4 heteroatoms. The first kappa shape index (κ1) is 11.6. The Kier molecular flexibility index (Phi) is 3.59. The molecule has 2 rings (SSSR count). The lowest BCUT2D eigenvalue weighted by Gasteiger charge is -2.31. The highest BCUT2D eigenvalue weighted by Gasteiger charge is 2.24. The van der Waals surface area contributed by atoms with E-state index in [0.717, 1.165) is 11.7 Å². The Labute approximate surface area is 97.5 Å². The van der Waals surface area contributed by atoms with Gasteiger partial charge in [0.05, 0.1) is 6.04 Å². The Morgan fingerprint density at radius 2 is 2.19 bits per heavy atom. The molecule has 3 atom stereocenters. The van der Waals surface area contributed by atoms with Crippen LogP contribution in [0.25, 0.3) is 0 Å². The molecule has 90 valence electrons. The maximum Gasteiger partial charge on any atom is 0.149 e. The van der Waals surface area contributed by atoms with Crippen molar-refractivity contribution in [2.24, 2.45) is 13.0 Å². The number of hydrogen-bond donors (Lipinski definition) is 1. The van der Waals surface area contributed by atoms with Crippen LogP contribution in [-0.2, 0) is 7.05 Å². The molecule has 3 unspecified atom stereocenters. The van der Waals surface area contributed by atoms with E-state index in [1.165, 1.54) is 25.7 Å². The van der Waals surface area contributed by atoms with Crippen molar-refractivity contribution in [2.75, 3.05) is 0 Å². The number of rotatable bonds is 3. The Morgan fingerprint density at radius 1 is 1.44 bits per heavy atom. The summed E-state index contributed by atoms with van der Waals surface area (Å²) in [6.45, 7) is 4.52. The van der Waals surface area contributed by atoms with E-state index in [4.69, 9.17) is 0 Å². The smallest absolute Gasteiger partial charge is 0.149 e. The van der Waals surface area contributed by atoms with Gasteiger partial charge in [-0.05, 0) is 25.7 Å². The van der Waals surface area contributed by atoms with Crippen LogP contribution >= 0.6 is 0 Å².